The zero-order valence-electron chi connectivity index (χ0n) is 12.5. The Morgan fingerprint density at radius 3 is 2.48 bits per heavy atom. The quantitative estimate of drug-likeness (QED) is 0.764. The fraction of sp³-hybridized carbons (Fsp3) is 0.294. The van der Waals surface area contributed by atoms with Gasteiger partial charge in [0.1, 0.15) is 5.82 Å². The highest BCUT2D eigenvalue weighted by molar-refractivity contribution is 5.95. The van der Waals surface area contributed by atoms with Crippen LogP contribution in [0.15, 0.2) is 40.9 Å². The predicted octanol–water partition coefficient (Wildman–Crippen LogP) is 4.18. The Bertz CT molecular complexity index is 843. The van der Waals surface area contributed by atoms with Gasteiger partial charge in [0.25, 0.3) is 5.89 Å². The second-order valence-corrected chi connectivity index (χ2v) is 5.93. The molecule has 1 heterocycles. The summed E-state index contributed by atoms with van der Waals surface area (Å²) in [6.07, 6.45) is 3.91. The van der Waals surface area contributed by atoms with Crippen molar-refractivity contribution in [2.45, 2.75) is 31.2 Å². The van der Waals surface area contributed by atoms with Gasteiger partial charge in [0.2, 0.25) is 0 Å². The zero-order valence-corrected chi connectivity index (χ0v) is 13.3. The van der Waals surface area contributed by atoms with Gasteiger partial charge in [-0.2, -0.15) is 4.98 Å². The largest absolute Gasteiger partial charge is 0.334 e. The Morgan fingerprint density at radius 2 is 1.74 bits per heavy atom. The van der Waals surface area contributed by atoms with Crippen molar-refractivity contribution in [2.75, 3.05) is 0 Å². The van der Waals surface area contributed by atoms with E-state index in [-0.39, 0.29) is 18.2 Å². The van der Waals surface area contributed by atoms with Gasteiger partial charge in [-0.05, 0) is 30.4 Å². The summed E-state index contributed by atoms with van der Waals surface area (Å²) < 4.78 is 19.3. The van der Waals surface area contributed by atoms with Gasteiger partial charge in [-0.3, -0.25) is 0 Å². The molecule has 0 unspecified atom stereocenters. The van der Waals surface area contributed by atoms with Crippen LogP contribution in [0.2, 0.25) is 0 Å². The normalized spacial score (nSPS) is 16.4. The zero-order chi connectivity index (χ0) is 15.2. The van der Waals surface area contributed by atoms with Crippen molar-refractivity contribution < 1.29 is 8.91 Å². The molecule has 0 radical (unpaired) electrons. The highest BCUT2D eigenvalue weighted by atomic mass is 35.5. The van der Waals surface area contributed by atoms with Crippen LogP contribution in [0.4, 0.5) is 4.39 Å². The van der Waals surface area contributed by atoms with Crippen molar-refractivity contribution in [1.29, 1.82) is 0 Å². The Morgan fingerprint density at radius 1 is 1.04 bits per heavy atom. The molecule has 1 fully saturated rings. The van der Waals surface area contributed by atoms with Crippen LogP contribution in [0.3, 0.4) is 0 Å². The van der Waals surface area contributed by atoms with Crippen molar-refractivity contribution in [3.05, 3.63) is 48.0 Å². The average Bonchev–Trinajstić information content (AvgIpc) is 3.18. The van der Waals surface area contributed by atoms with Crippen LogP contribution in [0.25, 0.3) is 22.2 Å². The number of fused-ring (bicyclic) bond motifs is 1. The number of rotatable bonds is 2. The summed E-state index contributed by atoms with van der Waals surface area (Å²) in [6.45, 7) is 0. The van der Waals surface area contributed by atoms with Crippen molar-refractivity contribution in [2.24, 2.45) is 5.73 Å². The van der Waals surface area contributed by atoms with Crippen molar-refractivity contribution in [3.63, 3.8) is 0 Å². The molecule has 0 atom stereocenters. The summed E-state index contributed by atoms with van der Waals surface area (Å²) in [5, 5.41) is 5.37. The molecule has 0 saturated heterocycles. The fourth-order valence-electron chi connectivity index (χ4n) is 3.21. The van der Waals surface area contributed by atoms with Crippen molar-refractivity contribution >= 4 is 23.2 Å². The molecule has 0 aliphatic heterocycles. The summed E-state index contributed by atoms with van der Waals surface area (Å²) in [4.78, 5) is 4.49. The highest BCUT2D eigenvalue weighted by Gasteiger charge is 2.36. The van der Waals surface area contributed by atoms with E-state index in [1.54, 1.807) is 12.1 Å². The van der Waals surface area contributed by atoms with E-state index in [1.807, 2.05) is 18.2 Å². The molecule has 0 amide bonds. The molecule has 1 saturated carbocycles. The second-order valence-electron chi connectivity index (χ2n) is 5.93. The lowest BCUT2D eigenvalue weighted by atomic mass is 9.98. The Balaban J connectivity index is 0.00000156. The molecule has 3 aromatic rings. The van der Waals surface area contributed by atoms with E-state index in [0.717, 1.165) is 36.6 Å². The molecular weight excluding hydrogens is 317 g/mol. The van der Waals surface area contributed by atoms with E-state index in [4.69, 9.17) is 10.3 Å². The van der Waals surface area contributed by atoms with Gasteiger partial charge < -0.3 is 10.3 Å². The SMILES string of the molecule is Cl.NC1(c2noc(-c3ccc(F)c4ccccc34)n2)CCCC1. The lowest BCUT2D eigenvalue weighted by Gasteiger charge is -2.17. The molecule has 4 rings (SSSR count). The van der Waals surface area contributed by atoms with Gasteiger partial charge in [-0.15, -0.1) is 12.4 Å². The summed E-state index contributed by atoms with van der Waals surface area (Å²) in [6, 6.07) is 10.4. The summed E-state index contributed by atoms with van der Waals surface area (Å²) in [7, 11) is 0. The third-order valence-electron chi connectivity index (χ3n) is 4.47. The maximum Gasteiger partial charge on any atom is 0.258 e. The number of nitrogens with two attached hydrogens (primary N) is 1. The Labute approximate surface area is 139 Å². The molecular formula is C17H17ClFN3O. The number of hydrogen-bond acceptors (Lipinski definition) is 4. The average molecular weight is 334 g/mol. The molecule has 6 heteroatoms. The van der Waals surface area contributed by atoms with Gasteiger partial charge in [0, 0.05) is 10.9 Å². The lowest BCUT2D eigenvalue weighted by molar-refractivity contribution is 0.373. The van der Waals surface area contributed by atoms with E-state index in [1.165, 1.54) is 6.07 Å². The summed E-state index contributed by atoms with van der Waals surface area (Å²) >= 11 is 0. The van der Waals surface area contributed by atoms with Crippen molar-refractivity contribution in [1.82, 2.24) is 10.1 Å². The van der Waals surface area contributed by atoms with Crippen molar-refractivity contribution in [3.8, 4) is 11.5 Å². The minimum absolute atomic E-state index is 0. The first-order valence-electron chi connectivity index (χ1n) is 7.48. The maximum absolute atomic E-state index is 13.9. The second kappa shape index (κ2) is 5.91. The van der Waals surface area contributed by atoms with Crippen LogP contribution in [0.5, 0.6) is 0 Å². The standard InChI is InChI=1S/C17H16FN3O.ClH/c18-14-8-7-13(11-5-1-2-6-12(11)14)15-20-16(21-22-15)17(19)9-3-4-10-17;/h1-2,5-8H,3-4,9-10,19H2;1H. The van der Waals surface area contributed by atoms with Crippen LogP contribution in [0.1, 0.15) is 31.5 Å². The molecule has 23 heavy (non-hydrogen) atoms. The molecule has 0 spiro atoms. The molecule has 0 bridgehead atoms. The minimum atomic E-state index is -0.489. The number of halogens is 2. The van der Waals surface area contributed by atoms with Gasteiger partial charge in [0.05, 0.1) is 5.54 Å². The number of nitrogens with zero attached hydrogens (tertiary/aromatic N) is 2. The third kappa shape index (κ3) is 2.60. The molecule has 1 aliphatic rings. The molecule has 120 valence electrons. The smallest absolute Gasteiger partial charge is 0.258 e. The maximum atomic E-state index is 13.9. The number of benzene rings is 2. The topological polar surface area (TPSA) is 64.9 Å². The van der Waals surface area contributed by atoms with E-state index in [2.05, 4.69) is 10.1 Å². The fourth-order valence-corrected chi connectivity index (χ4v) is 3.21. The first-order valence-corrected chi connectivity index (χ1v) is 7.48. The van der Waals surface area contributed by atoms with Gasteiger partial charge in [-0.1, -0.05) is 42.3 Å². The highest BCUT2D eigenvalue weighted by Crippen LogP contribution is 2.36. The predicted molar refractivity (Wildman–Crippen MR) is 88.8 cm³/mol. The first kappa shape index (κ1) is 15.9. The van der Waals surface area contributed by atoms with Crippen LogP contribution >= 0.6 is 12.4 Å². The molecule has 1 aliphatic carbocycles. The lowest BCUT2D eigenvalue weighted by Crippen LogP contribution is -2.34. The van der Waals surface area contributed by atoms with E-state index >= 15 is 0 Å². The van der Waals surface area contributed by atoms with Gasteiger partial charge >= 0.3 is 0 Å². The van der Waals surface area contributed by atoms with E-state index < -0.39 is 5.54 Å². The summed E-state index contributed by atoms with van der Waals surface area (Å²) in [5.41, 5.74) is 6.61. The van der Waals surface area contributed by atoms with Gasteiger partial charge in [-0.25, -0.2) is 4.39 Å². The van der Waals surface area contributed by atoms with Crippen LogP contribution in [-0.2, 0) is 5.54 Å². The Kier molecular flexibility index (Phi) is 4.08. The van der Waals surface area contributed by atoms with Gasteiger partial charge in [0.15, 0.2) is 5.82 Å². The van der Waals surface area contributed by atoms with Crippen LogP contribution in [0, 0.1) is 5.82 Å². The molecule has 1 aromatic heterocycles. The molecule has 4 nitrogen and oxygen atoms in total. The number of hydrogen-bond donors (Lipinski definition) is 1. The minimum Gasteiger partial charge on any atom is -0.334 e. The monoisotopic (exact) mass is 333 g/mol. The molecule has 2 N–H and O–H groups in total. The van der Waals surface area contributed by atoms with Crippen LogP contribution in [-0.4, -0.2) is 10.1 Å². The summed E-state index contributed by atoms with van der Waals surface area (Å²) in [5.74, 6) is 0.682. The van der Waals surface area contributed by atoms with E-state index in [0.29, 0.717) is 17.1 Å². The molecule has 2 aromatic carbocycles. The number of aromatic nitrogens is 2. The Hall–Kier alpha value is -1.98. The van der Waals surface area contributed by atoms with Crippen LogP contribution < -0.4 is 5.73 Å². The third-order valence-corrected chi connectivity index (χ3v) is 4.47. The van der Waals surface area contributed by atoms with E-state index in [9.17, 15) is 4.39 Å². The first-order chi connectivity index (χ1) is 10.7.